The molecule has 0 fully saturated rings. The van der Waals surface area contributed by atoms with Crippen molar-refractivity contribution in [3.63, 3.8) is 0 Å². The molecule has 10 nitrogen and oxygen atoms in total. The number of nitro groups is 2. The molecule has 0 aromatic heterocycles. The molecule has 1 N–H and O–H groups in total. The van der Waals surface area contributed by atoms with E-state index in [0.29, 0.717) is 36.0 Å². The Balaban J connectivity index is 1.77. The second-order valence-electron chi connectivity index (χ2n) is 6.65. The fourth-order valence-electron chi connectivity index (χ4n) is 3.09. The zero-order valence-corrected chi connectivity index (χ0v) is 17.9. The van der Waals surface area contributed by atoms with E-state index in [4.69, 9.17) is 9.47 Å². The van der Waals surface area contributed by atoms with Crippen LogP contribution in [0.25, 0.3) is 0 Å². The average Bonchev–Trinajstić information content (AvgIpc) is 2.80. The summed E-state index contributed by atoms with van der Waals surface area (Å²) >= 11 is 3.40. The summed E-state index contributed by atoms with van der Waals surface area (Å²) in [7, 11) is 0. The molecule has 32 heavy (non-hydrogen) atoms. The smallest absolute Gasteiger partial charge is 0.301 e. The van der Waals surface area contributed by atoms with Gasteiger partial charge in [-0.2, -0.15) is 5.10 Å². The first kappa shape index (κ1) is 21.2. The van der Waals surface area contributed by atoms with Gasteiger partial charge in [-0.1, -0.05) is 28.1 Å². The number of nitrogens with zero attached hydrogens (tertiary/aromatic N) is 3. The van der Waals surface area contributed by atoms with Gasteiger partial charge < -0.3 is 9.47 Å². The lowest BCUT2D eigenvalue weighted by Crippen LogP contribution is -2.16. The molecule has 0 aliphatic carbocycles. The minimum Gasteiger partial charge on any atom is -0.486 e. The molecule has 3 aromatic rings. The number of benzene rings is 3. The lowest BCUT2D eigenvalue weighted by Gasteiger charge is -2.19. The predicted octanol–water partition coefficient (Wildman–Crippen LogP) is 4.90. The van der Waals surface area contributed by atoms with Crippen LogP contribution >= 0.6 is 15.9 Å². The predicted molar refractivity (Wildman–Crippen MR) is 121 cm³/mol. The standard InChI is InChI=1S/C21H15BrN4O6/c22-15-4-1-13(2-5-15)21(14-3-8-19-20(11-14)32-10-9-31-19)24-23-17-7-6-16(25(27)28)12-18(17)26(29)30/h1-8,11-12,23H,9-10H2/b24-21+. The highest BCUT2D eigenvalue weighted by atomic mass is 79.9. The zero-order chi connectivity index (χ0) is 22.7. The van der Waals surface area contributed by atoms with Crippen molar-refractivity contribution in [3.8, 4) is 11.5 Å². The molecule has 0 amide bonds. The van der Waals surface area contributed by atoms with Crippen LogP contribution in [0.5, 0.6) is 11.5 Å². The quantitative estimate of drug-likeness (QED) is 0.290. The summed E-state index contributed by atoms with van der Waals surface area (Å²) in [6.07, 6.45) is 0. The van der Waals surface area contributed by atoms with E-state index in [9.17, 15) is 20.2 Å². The Morgan fingerprint density at radius 3 is 2.25 bits per heavy atom. The molecule has 1 aliphatic rings. The van der Waals surface area contributed by atoms with Crippen molar-refractivity contribution in [2.24, 2.45) is 5.10 Å². The van der Waals surface area contributed by atoms with Gasteiger partial charge in [0.25, 0.3) is 5.69 Å². The van der Waals surface area contributed by atoms with Gasteiger partial charge >= 0.3 is 5.69 Å². The molecule has 0 radical (unpaired) electrons. The van der Waals surface area contributed by atoms with Gasteiger partial charge in [0.15, 0.2) is 11.5 Å². The fourth-order valence-corrected chi connectivity index (χ4v) is 3.35. The van der Waals surface area contributed by atoms with Crippen LogP contribution in [0.3, 0.4) is 0 Å². The number of hydrazone groups is 1. The minimum atomic E-state index is -0.700. The zero-order valence-electron chi connectivity index (χ0n) is 16.4. The third kappa shape index (κ3) is 4.52. The average molecular weight is 499 g/mol. The summed E-state index contributed by atoms with van der Waals surface area (Å²) in [6, 6.07) is 16.0. The van der Waals surface area contributed by atoms with Crippen molar-refractivity contribution in [3.05, 3.63) is 96.5 Å². The molecule has 11 heteroatoms. The molecule has 0 unspecified atom stereocenters. The van der Waals surface area contributed by atoms with E-state index in [-0.39, 0.29) is 11.4 Å². The number of rotatable bonds is 6. The second kappa shape index (κ2) is 9.02. The van der Waals surface area contributed by atoms with Crippen LogP contribution in [0, 0.1) is 20.2 Å². The Hall–Kier alpha value is -3.99. The van der Waals surface area contributed by atoms with Crippen LogP contribution in [-0.4, -0.2) is 28.8 Å². The molecule has 162 valence electrons. The number of nitrogens with one attached hydrogen (secondary N) is 1. The van der Waals surface area contributed by atoms with Crippen molar-refractivity contribution >= 4 is 38.7 Å². The Morgan fingerprint density at radius 1 is 0.875 bits per heavy atom. The van der Waals surface area contributed by atoms with Gasteiger partial charge in [-0.25, -0.2) is 0 Å². The second-order valence-corrected chi connectivity index (χ2v) is 7.57. The van der Waals surface area contributed by atoms with E-state index >= 15 is 0 Å². The van der Waals surface area contributed by atoms with Crippen LogP contribution in [0.2, 0.25) is 0 Å². The van der Waals surface area contributed by atoms with Crippen molar-refractivity contribution in [1.82, 2.24) is 0 Å². The maximum atomic E-state index is 11.4. The number of hydrogen-bond acceptors (Lipinski definition) is 8. The van der Waals surface area contributed by atoms with E-state index in [1.807, 2.05) is 24.3 Å². The van der Waals surface area contributed by atoms with Gasteiger partial charge in [0, 0.05) is 21.7 Å². The lowest BCUT2D eigenvalue weighted by atomic mass is 10.0. The molecule has 1 heterocycles. The van der Waals surface area contributed by atoms with Crippen LogP contribution in [-0.2, 0) is 0 Å². The monoisotopic (exact) mass is 498 g/mol. The maximum Gasteiger partial charge on any atom is 0.301 e. The molecular weight excluding hydrogens is 484 g/mol. The number of anilines is 1. The van der Waals surface area contributed by atoms with Gasteiger partial charge in [-0.15, -0.1) is 0 Å². The lowest BCUT2D eigenvalue weighted by molar-refractivity contribution is -0.393. The van der Waals surface area contributed by atoms with Gasteiger partial charge in [-0.3, -0.25) is 25.7 Å². The molecule has 0 atom stereocenters. The number of nitro benzene ring substituents is 2. The summed E-state index contributed by atoms with van der Waals surface area (Å²) in [5.74, 6) is 1.19. The van der Waals surface area contributed by atoms with Crippen molar-refractivity contribution in [1.29, 1.82) is 0 Å². The third-order valence-electron chi connectivity index (χ3n) is 4.61. The van der Waals surface area contributed by atoms with E-state index in [1.54, 1.807) is 18.2 Å². The molecule has 0 saturated carbocycles. The Kier molecular flexibility index (Phi) is 5.99. The Morgan fingerprint density at radius 2 is 1.56 bits per heavy atom. The highest BCUT2D eigenvalue weighted by Crippen LogP contribution is 2.33. The third-order valence-corrected chi connectivity index (χ3v) is 5.14. The number of non-ortho nitro benzene ring substituents is 1. The van der Waals surface area contributed by atoms with Gasteiger partial charge in [-0.05, 0) is 36.4 Å². The van der Waals surface area contributed by atoms with Gasteiger partial charge in [0.2, 0.25) is 0 Å². The molecule has 0 saturated heterocycles. The Labute approximate surface area is 189 Å². The molecular formula is C21H15BrN4O6. The summed E-state index contributed by atoms with van der Waals surface area (Å²) in [4.78, 5) is 21.0. The van der Waals surface area contributed by atoms with Crippen LogP contribution in [0.15, 0.2) is 70.2 Å². The largest absolute Gasteiger partial charge is 0.486 e. The summed E-state index contributed by atoms with van der Waals surface area (Å²) < 4.78 is 12.1. The summed E-state index contributed by atoms with van der Waals surface area (Å²) in [5, 5.41) is 26.8. The minimum absolute atomic E-state index is 0.0211. The molecule has 3 aromatic carbocycles. The van der Waals surface area contributed by atoms with Crippen molar-refractivity contribution in [2.75, 3.05) is 18.6 Å². The topological polar surface area (TPSA) is 129 Å². The normalized spacial score (nSPS) is 12.8. The SMILES string of the molecule is O=[N+]([O-])c1ccc(N/N=C(\c2ccc(Br)cc2)c2ccc3c(c2)OCCO3)c([N+](=O)[O-])c1. The van der Waals surface area contributed by atoms with E-state index < -0.39 is 15.5 Å². The molecule has 0 spiro atoms. The van der Waals surface area contributed by atoms with Crippen molar-refractivity contribution in [2.45, 2.75) is 0 Å². The van der Waals surface area contributed by atoms with Gasteiger partial charge in [0.05, 0.1) is 21.6 Å². The van der Waals surface area contributed by atoms with E-state index in [1.165, 1.54) is 12.1 Å². The Bertz CT molecular complexity index is 1230. The summed E-state index contributed by atoms with van der Waals surface area (Å²) in [5.41, 5.74) is 3.79. The molecule has 0 bridgehead atoms. The number of halogens is 1. The maximum absolute atomic E-state index is 11.4. The first-order valence-electron chi connectivity index (χ1n) is 9.35. The molecule has 1 aliphatic heterocycles. The van der Waals surface area contributed by atoms with E-state index in [2.05, 4.69) is 26.5 Å². The van der Waals surface area contributed by atoms with E-state index in [0.717, 1.165) is 16.1 Å². The number of hydrogen-bond donors (Lipinski definition) is 1. The molecule has 4 rings (SSSR count). The number of ether oxygens (including phenoxy) is 2. The highest BCUT2D eigenvalue weighted by Gasteiger charge is 2.20. The summed E-state index contributed by atoms with van der Waals surface area (Å²) in [6.45, 7) is 0.889. The van der Waals surface area contributed by atoms with Crippen LogP contribution < -0.4 is 14.9 Å². The highest BCUT2D eigenvalue weighted by molar-refractivity contribution is 9.10. The first-order chi connectivity index (χ1) is 15.4. The van der Waals surface area contributed by atoms with Crippen LogP contribution in [0.1, 0.15) is 11.1 Å². The number of fused-ring (bicyclic) bond motifs is 1. The fraction of sp³-hybridized carbons (Fsp3) is 0.0952. The van der Waals surface area contributed by atoms with Crippen LogP contribution in [0.4, 0.5) is 17.1 Å². The van der Waals surface area contributed by atoms with Gasteiger partial charge in [0.1, 0.15) is 18.9 Å². The van der Waals surface area contributed by atoms with Crippen molar-refractivity contribution < 1.29 is 19.3 Å². The first-order valence-corrected chi connectivity index (χ1v) is 10.1.